The van der Waals surface area contributed by atoms with Gasteiger partial charge in [0.25, 0.3) is 7.37 Å². The molecule has 108 valence electrons. The number of allylic oxidation sites excluding steroid dienone is 10. The van der Waals surface area contributed by atoms with Gasteiger partial charge < -0.3 is 4.52 Å². The summed E-state index contributed by atoms with van der Waals surface area (Å²) in [6, 6.07) is 0. The van der Waals surface area contributed by atoms with Gasteiger partial charge in [0.2, 0.25) is 0 Å². The molecular formula is C17H23O2P. The average Bonchev–Trinajstić information content (AvgIpc) is 2.39. The Morgan fingerprint density at radius 2 is 1.75 bits per heavy atom. The van der Waals surface area contributed by atoms with Crippen molar-refractivity contribution in [3.05, 3.63) is 71.3 Å². The summed E-state index contributed by atoms with van der Waals surface area (Å²) in [6.45, 7) is 11.4. The molecule has 0 saturated carbocycles. The van der Waals surface area contributed by atoms with Crippen LogP contribution >= 0.6 is 7.37 Å². The van der Waals surface area contributed by atoms with Crippen LogP contribution in [0.5, 0.6) is 0 Å². The SMILES string of the molecule is C=CC1=C(/C=C\C)C(/C=C\C)=C(/C=C\CC)OP1(C)=O. The normalized spacial score (nSPS) is 24.2. The van der Waals surface area contributed by atoms with Gasteiger partial charge in [-0.25, -0.2) is 0 Å². The van der Waals surface area contributed by atoms with Gasteiger partial charge in [0.1, 0.15) is 5.76 Å². The number of rotatable bonds is 5. The van der Waals surface area contributed by atoms with Crippen LogP contribution in [0.3, 0.4) is 0 Å². The lowest BCUT2D eigenvalue weighted by atomic mass is 10.0. The van der Waals surface area contributed by atoms with Crippen LogP contribution in [0, 0.1) is 0 Å². The summed E-state index contributed by atoms with van der Waals surface area (Å²) < 4.78 is 18.5. The summed E-state index contributed by atoms with van der Waals surface area (Å²) in [4.78, 5) is 0. The molecule has 0 saturated heterocycles. The molecule has 3 heteroatoms. The van der Waals surface area contributed by atoms with Gasteiger partial charge in [-0.2, -0.15) is 0 Å². The van der Waals surface area contributed by atoms with E-state index in [1.807, 2.05) is 50.3 Å². The molecule has 0 N–H and O–H groups in total. The Balaban J connectivity index is 3.63. The fourth-order valence-electron chi connectivity index (χ4n) is 2.08. The first-order valence-corrected chi connectivity index (χ1v) is 8.90. The molecule has 20 heavy (non-hydrogen) atoms. The van der Waals surface area contributed by atoms with E-state index in [0.29, 0.717) is 11.1 Å². The maximum atomic E-state index is 12.7. The molecule has 0 bridgehead atoms. The monoisotopic (exact) mass is 290 g/mol. The average molecular weight is 290 g/mol. The first-order valence-electron chi connectivity index (χ1n) is 6.82. The van der Waals surface area contributed by atoms with Crippen LogP contribution in [0.4, 0.5) is 0 Å². The summed E-state index contributed by atoms with van der Waals surface area (Å²) >= 11 is 0. The molecule has 0 amide bonds. The van der Waals surface area contributed by atoms with E-state index in [-0.39, 0.29) is 0 Å². The van der Waals surface area contributed by atoms with Gasteiger partial charge in [-0.05, 0) is 31.9 Å². The Morgan fingerprint density at radius 3 is 2.25 bits per heavy atom. The van der Waals surface area contributed by atoms with Gasteiger partial charge in [-0.3, -0.25) is 4.57 Å². The maximum absolute atomic E-state index is 12.7. The molecule has 0 aromatic carbocycles. The highest BCUT2D eigenvalue weighted by molar-refractivity contribution is 7.63. The van der Waals surface area contributed by atoms with Gasteiger partial charge in [0.15, 0.2) is 0 Å². The predicted molar refractivity (Wildman–Crippen MR) is 87.9 cm³/mol. The first kappa shape index (κ1) is 16.5. The van der Waals surface area contributed by atoms with Crippen molar-refractivity contribution in [1.82, 2.24) is 0 Å². The molecule has 0 aliphatic carbocycles. The Hall–Kier alpha value is -1.53. The van der Waals surface area contributed by atoms with Crippen molar-refractivity contribution >= 4 is 7.37 Å². The van der Waals surface area contributed by atoms with E-state index in [4.69, 9.17) is 4.52 Å². The van der Waals surface area contributed by atoms with Gasteiger partial charge in [0, 0.05) is 12.2 Å². The zero-order valence-corrected chi connectivity index (χ0v) is 13.6. The minimum Gasteiger partial charge on any atom is -0.439 e. The number of hydrogen-bond acceptors (Lipinski definition) is 2. The molecule has 0 aromatic heterocycles. The Labute approximate surface area is 122 Å². The van der Waals surface area contributed by atoms with Gasteiger partial charge in [0.05, 0.1) is 5.31 Å². The van der Waals surface area contributed by atoms with Gasteiger partial charge in [-0.1, -0.05) is 50.0 Å². The Morgan fingerprint density at radius 1 is 1.15 bits per heavy atom. The minimum atomic E-state index is -2.87. The summed E-state index contributed by atoms with van der Waals surface area (Å²) in [5, 5.41) is 0.678. The fraction of sp³-hybridized carbons (Fsp3) is 0.294. The van der Waals surface area contributed by atoms with E-state index < -0.39 is 7.37 Å². The topological polar surface area (TPSA) is 26.3 Å². The molecule has 1 unspecified atom stereocenters. The second-order valence-electron chi connectivity index (χ2n) is 4.53. The summed E-state index contributed by atoms with van der Waals surface area (Å²) in [5.41, 5.74) is 1.87. The molecule has 0 aromatic rings. The largest absolute Gasteiger partial charge is 0.439 e. The summed E-state index contributed by atoms with van der Waals surface area (Å²) in [7, 11) is -2.87. The van der Waals surface area contributed by atoms with Crippen LogP contribution in [0.1, 0.15) is 27.2 Å². The van der Waals surface area contributed by atoms with E-state index in [9.17, 15) is 4.57 Å². The molecule has 1 atom stereocenters. The maximum Gasteiger partial charge on any atom is 0.274 e. The predicted octanol–water partition coefficient (Wildman–Crippen LogP) is 5.74. The van der Waals surface area contributed by atoms with Crippen molar-refractivity contribution in [3.63, 3.8) is 0 Å². The van der Waals surface area contributed by atoms with E-state index in [0.717, 1.165) is 17.6 Å². The van der Waals surface area contributed by atoms with Crippen molar-refractivity contribution in [3.8, 4) is 0 Å². The van der Waals surface area contributed by atoms with Crippen LogP contribution in [0.15, 0.2) is 71.3 Å². The Bertz CT molecular complexity index is 572. The molecule has 1 rings (SSSR count). The summed E-state index contributed by atoms with van der Waals surface area (Å²) in [5.74, 6) is 0.662. The van der Waals surface area contributed by atoms with Crippen molar-refractivity contribution in [1.29, 1.82) is 0 Å². The zero-order chi connectivity index (χ0) is 15.2. The van der Waals surface area contributed by atoms with E-state index in [2.05, 4.69) is 13.5 Å². The highest BCUT2D eigenvalue weighted by Gasteiger charge is 2.31. The third kappa shape index (κ3) is 3.52. The third-order valence-electron chi connectivity index (χ3n) is 2.91. The van der Waals surface area contributed by atoms with E-state index >= 15 is 0 Å². The molecule has 1 aliphatic heterocycles. The number of hydrogen-bond donors (Lipinski definition) is 0. The molecule has 1 heterocycles. The lowest BCUT2D eigenvalue weighted by Gasteiger charge is -2.26. The molecule has 0 fully saturated rings. The van der Waals surface area contributed by atoms with Crippen molar-refractivity contribution in [2.24, 2.45) is 0 Å². The van der Waals surface area contributed by atoms with Crippen LogP contribution in [-0.2, 0) is 9.09 Å². The highest BCUT2D eigenvalue weighted by atomic mass is 31.2. The lowest BCUT2D eigenvalue weighted by molar-refractivity contribution is 0.422. The van der Waals surface area contributed by atoms with Crippen molar-refractivity contribution < 1.29 is 9.09 Å². The first-order chi connectivity index (χ1) is 9.51. The van der Waals surface area contributed by atoms with E-state index in [1.165, 1.54) is 0 Å². The molecule has 0 radical (unpaired) electrons. The van der Waals surface area contributed by atoms with E-state index in [1.54, 1.807) is 12.7 Å². The minimum absolute atomic E-state index is 0.662. The molecule has 1 aliphatic rings. The Kier molecular flexibility index (Phi) is 6.04. The molecule has 2 nitrogen and oxygen atoms in total. The van der Waals surface area contributed by atoms with Crippen LogP contribution in [-0.4, -0.2) is 6.66 Å². The van der Waals surface area contributed by atoms with Crippen LogP contribution in [0.2, 0.25) is 0 Å². The third-order valence-corrected chi connectivity index (χ3v) is 4.75. The fourth-order valence-corrected chi connectivity index (χ4v) is 3.67. The van der Waals surface area contributed by atoms with Gasteiger partial charge >= 0.3 is 0 Å². The zero-order valence-electron chi connectivity index (χ0n) is 12.7. The molecular weight excluding hydrogens is 267 g/mol. The smallest absolute Gasteiger partial charge is 0.274 e. The second kappa shape index (κ2) is 7.31. The van der Waals surface area contributed by atoms with Crippen molar-refractivity contribution in [2.45, 2.75) is 27.2 Å². The highest BCUT2D eigenvalue weighted by Crippen LogP contribution is 2.59. The van der Waals surface area contributed by atoms with Crippen LogP contribution in [0.25, 0.3) is 0 Å². The standard InChI is InChI=1S/C17H23O2P/c1-6-10-13-16-14(11-7-2)15(12-8-3)17(9-4)20(5,18)19-16/h7-13H,4,6H2,1-3,5H3/b11-7-,12-8-,13-10-. The molecule has 0 spiro atoms. The lowest BCUT2D eigenvalue weighted by Crippen LogP contribution is -2.05. The van der Waals surface area contributed by atoms with Gasteiger partial charge in [-0.15, -0.1) is 0 Å². The quantitative estimate of drug-likeness (QED) is 0.604. The van der Waals surface area contributed by atoms with Crippen molar-refractivity contribution in [2.75, 3.05) is 6.66 Å². The summed E-state index contributed by atoms with van der Waals surface area (Å²) in [6.07, 6.45) is 14.3. The second-order valence-corrected chi connectivity index (χ2v) is 6.88. The van der Waals surface area contributed by atoms with Crippen LogP contribution < -0.4 is 0 Å².